The smallest absolute Gasteiger partial charge is 0.344 e. The molecule has 7 heteroatoms. The van der Waals surface area contributed by atoms with Crippen LogP contribution in [0.5, 0.6) is 5.75 Å². The highest BCUT2D eigenvalue weighted by molar-refractivity contribution is 6.31. The van der Waals surface area contributed by atoms with Crippen LogP contribution < -0.4 is 10.5 Å². The van der Waals surface area contributed by atoms with E-state index in [9.17, 15) is 4.79 Å². The molecule has 2 rings (SSSR count). The number of halogens is 1. The van der Waals surface area contributed by atoms with E-state index in [0.29, 0.717) is 27.8 Å². The van der Waals surface area contributed by atoms with Crippen molar-refractivity contribution < 1.29 is 14.3 Å². The number of hydrogen-bond donors (Lipinski definition) is 1. The lowest BCUT2D eigenvalue weighted by Gasteiger charge is -2.08. The first kappa shape index (κ1) is 15.2. The first-order valence-electron chi connectivity index (χ1n) is 6.29. The van der Waals surface area contributed by atoms with E-state index >= 15 is 0 Å². The van der Waals surface area contributed by atoms with Crippen LogP contribution in [0.2, 0.25) is 5.02 Å². The third kappa shape index (κ3) is 3.88. The summed E-state index contributed by atoms with van der Waals surface area (Å²) in [6, 6.07) is 6.76. The molecule has 112 valence electrons. The lowest BCUT2D eigenvalue weighted by atomic mass is 10.3. The molecule has 1 heterocycles. The molecule has 2 N–H and O–H groups in total. The van der Waals surface area contributed by atoms with Gasteiger partial charge in [0.1, 0.15) is 12.4 Å². The Morgan fingerprint density at radius 3 is 2.62 bits per heavy atom. The van der Waals surface area contributed by atoms with E-state index in [1.165, 1.54) is 0 Å². The second kappa shape index (κ2) is 6.49. The average molecular weight is 310 g/mol. The summed E-state index contributed by atoms with van der Waals surface area (Å²) in [6.45, 7) is 1.66. The van der Waals surface area contributed by atoms with Crippen molar-refractivity contribution in [3.63, 3.8) is 0 Å². The minimum absolute atomic E-state index is 0.0557. The lowest BCUT2D eigenvalue weighted by Crippen LogP contribution is -2.15. The molecule has 0 aliphatic carbocycles. The monoisotopic (exact) mass is 309 g/mol. The molecule has 0 bridgehead atoms. The van der Waals surface area contributed by atoms with E-state index in [-0.39, 0.29) is 13.2 Å². The van der Waals surface area contributed by atoms with Crippen molar-refractivity contribution in [3.05, 3.63) is 40.7 Å². The number of carbonyl (C=O) groups excluding carboxylic acids is 1. The number of nitrogens with two attached hydrogens (primary N) is 1. The zero-order chi connectivity index (χ0) is 15.4. The van der Waals surface area contributed by atoms with Crippen molar-refractivity contribution in [2.75, 3.05) is 12.3 Å². The fourth-order valence-corrected chi connectivity index (χ4v) is 1.95. The highest BCUT2D eigenvalue weighted by Gasteiger charge is 2.13. The number of anilines is 1. The molecule has 0 amide bonds. The summed E-state index contributed by atoms with van der Waals surface area (Å²) >= 11 is 6.07. The van der Waals surface area contributed by atoms with Crippen molar-refractivity contribution >= 4 is 23.3 Å². The van der Waals surface area contributed by atoms with E-state index in [1.807, 2.05) is 0 Å². The van der Waals surface area contributed by atoms with Crippen LogP contribution in [0.15, 0.2) is 24.3 Å². The number of carbonyl (C=O) groups is 1. The largest absolute Gasteiger partial charge is 0.482 e. The maximum Gasteiger partial charge on any atom is 0.344 e. The van der Waals surface area contributed by atoms with Crippen LogP contribution in [0, 0.1) is 6.92 Å². The minimum atomic E-state index is -0.484. The average Bonchev–Trinajstić information content (AvgIpc) is 2.69. The van der Waals surface area contributed by atoms with Gasteiger partial charge >= 0.3 is 5.97 Å². The number of nitrogen functional groups attached to an aromatic ring is 1. The fraction of sp³-hybridized carbons (Fsp3) is 0.286. The van der Waals surface area contributed by atoms with E-state index in [2.05, 4.69) is 5.10 Å². The van der Waals surface area contributed by atoms with Crippen LogP contribution in [0.3, 0.4) is 0 Å². The van der Waals surface area contributed by atoms with Crippen LogP contribution in [-0.4, -0.2) is 22.4 Å². The molecular formula is C14H16ClN3O3. The zero-order valence-corrected chi connectivity index (χ0v) is 12.6. The van der Waals surface area contributed by atoms with Crippen LogP contribution in [0.4, 0.5) is 5.69 Å². The molecule has 0 radical (unpaired) electrons. The van der Waals surface area contributed by atoms with Gasteiger partial charge in [0.2, 0.25) is 0 Å². The molecule has 1 aromatic heterocycles. The van der Waals surface area contributed by atoms with Crippen molar-refractivity contribution in [3.8, 4) is 5.75 Å². The van der Waals surface area contributed by atoms with Crippen LogP contribution >= 0.6 is 11.6 Å². The second-order valence-corrected chi connectivity index (χ2v) is 4.87. The molecule has 2 aromatic rings. The van der Waals surface area contributed by atoms with Gasteiger partial charge in [0.25, 0.3) is 0 Å². The van der Waals surface area contributed by atoms with Gasteiger partial charge in [-0.3, -0.25) is 4.68 Å². The van der Waals surface area contributed by atoms with E-state index in [4.69, 9.17) is 26.8 Å². The highest BCUT2D eigenvalue weighted by atomic mass is 35.5. The van der Waals surface area contributed by atoms with Crippen molar-refractivity contribution in [1.29, 1.82) is 0 Å². The standard InChI is InChI=1S/C14H16ClN3O3/c1-9-14(15)12(18(2)17-9)7-21-13(19)8-20-11-5-3-10(16)4-6-11/h3-6H,7-8,16H2,1-2H3. The van der Waals surface area contributed by atoms with E-state index in [0.717, 1.165) is 0 Å². The molecule has 0 saturated carbocycles. The minimum Gasteiger partial charge on any atom is -0.482 e. The second-order valence-electron chi connectivity index (χ2n) is 4.49. The molecular weight excluding hydrogens is 294 g/mol. The quantitative estimate of drug-likeness (QED) is 0.676. The Morgan fingerprint density at radius 1 is 1.38 bits per heavy atom. The predicted octanol–water partition coefficient (Wildman–Crippen LogP) is 2.09. The number of esters is 1. The summed E-state index contributed by atoms with van der Waals surface area (Å²) in [5.74, 6) is 0.0669. The van der Waals surface area contributed by atoms with Gasteiger partial charge in [-0.1, -0.05) is 11.6 Å². The lowest BCUT2D eigenvalue weighted by molar-refractivity contribution is -0.147. The van der Waals surface area contributed by atoms with Crippen LogP contribution in [-0.2, 0) is 23.2 Å². The number of nitrogens with zero attached hydrogens (tertiary/aromatic N) is 2. The molecule has 0 aliphatic heterocycles. The maximum absolute atomic E-state index is 11.6. The summed E-state index contributed by atoms with van der Waals surface area (Å²) < 4.78 is 12.0. The van der Waals surface area contributed by atoms with Gasteiger partial charge in [-0.05, 0) is 31.2 Å². The number of hydrogen-bond acceptors (Lipinski definition) is 5. The fourth-order valence-electron chi connectivity index (χ4n) is 1.73. The van der Waals surface area contributed by atoms with Gasteiger partial charge in [-0.2, -0.15) is 5.10 Å². The van der Waals surface area contributed by atoms with Crippen LogP contribution in [0.25, 0.3) is 0 Å². The molecule has 0 atom stereocenters. The molecule has 0 unspecified atom stereocenters. The Hall–Kier alpha value is -2.21. The number of rotatable bonds is 5. The number of aryl methyl sites for hydroxylation is 2. The van der Waals surface area contributed by atoms with E-state index < -0.39 is 5.97 Å². The Morgan fingerprint density at radius 2 is 2.05 bits per heavy atom. The SMILES string of the molecule is Cc1nn(C)c(COC(=O)COc2ccc(N)cc2)c1Cl. The molecule has 0 saturated heterocycles. The van der Waals surface area contributed by atoms with E-state index in [1.54, 1.807) is 42.9 Å². The number of aromatic nitrogens is 2. The van der Waals surface area contributed by atoms with Gasteiger partial charge in [-0.25, -0.2) is 4.79 Å². The van der Waals surface area contributed by atoms with Gasteiger partial charge in [0.15, 0.2) is 6.61 Å². The Bertz CT molecular complexity index is 638. The summed E-state index contributed by atoms with van der Waals surface area (Å²) in [5.41, 5.74) is 7.53. The topological polar surface area (TPSA) is 79.4 Å². The molecule has 1 aromatic carbocycles. The molecule has 6 nitrogen and oxygen atoms in total. The third-order valence-electron chi connectivity index (χ3n) is 2.87. The van der Waals surface area contributed by atoms with Crippen molar-refractivity contribution in [2.45, 2.75) is 13.5 Å². The molecule has 0 aliphatic rings. The van der Waals surface area contributed by atoms with Gasteiger partial charge < -0.3 is 15.2 Å². The summed E-state index contributed by atoms with van der Waals surface area (Å²) in [5, 5.41) is 4.65. The molecule has 21 heavy (non-hydrogen) atoms. The van der Waals surface area contributed by atoms with Gasteiger partial charge in [0, 0.05) is 12.7 Å². The van der Waals surface area contributed by atoms with Gasteiger partial charge in [0.05, 0.1) is 16.4 Å². The first-order chi connectivity index (χ1) is 9.97. The highest BCUT2D eigenvalue weighted by Crippen LogP contribution is 2.20. The molecule has 0 fully saturated rings. The maximum atomic E-state index is 11.6. The summed E-state index contributed by atoms with van der Waals surface area (Å²) in [7, 11) is 1.74. The number of ether oxygens (including phenoxy) is 2. The Balaban J connectivity index is 1.83. The summed E-state index contributed by atoms with van der Waals surface area (Å²) in [6.07, 6.45) is 0. The Labute approximate surface area is 127 Å². The summed E-state index contributed by atoms with van der Waals surface area (Å²) in [4.78, 5) is 11.6. The van der Waals surface area contributed by atoms with Crippen molar-refractivity contribution in [2.24, 2.45) is 7.05 Å². The van der Waals surface area contributed by atoms with Crippen LogP contribution in [0.1, 0.15) is 11.4 Å². The number of benzene rings is 1. The zero-order valence-electron chi connectivity index (χ0n) is 11.8. The molecule has 0 spiro atoms. The first-order valence-corrected chi connectivity index (χ1v) is 6.67. The van der Waals surface area contributed by atoms with Crippen molar-refractivity contribution in [1.82, 2.24) is 9.78 Å². The predicted molar refractivity (Wildman–Crippen MR) is 79.1 cm³/mol. The normalized spacial score (nSPS) is 10.4. The Kier molecular flexibility index (Phi) is 4.70. The third-order valence-corrected chi connectivity index (χ3v) is 3.36. The van der Waals surface area contributed by atoms with Gasteiger partial charge in [-0.15, -0.1) is 0 Å².